The molecule has 1 nitrogen and oxygen atoms in total. The van der Waals surface area contributed by atoms with Crippen LogP contribution in [0.1, 0.15) is 32.3 Å². The Hall–Kier alpha value is -0.340. The fraction of sp³-hybridized carbons (Fsp3) is 0.667. The van der Waals surface area contributed by atoms with Gasteiger partial charge >= 0.3 is 0 Å². The summed E-state index contributed by atoms with van der Waals surface area (Å²) in [5.74, 6) is 0.805. The highest BCUT2D eigenvalue weighted by molar-refractivity contribution is 7.07. The zero-order valence-corrected chi connectivity index (χ0v) is 10.2. The van der Waals surface area contributed by atoms with Crippen molar-refractivity contribution in [3.05, 3.63) is 22.4 Å². The van der Waals surface area contributed by atoms with Crippen molar-refractivity contribution in [2.75, 3.05) is 7.05 Å². The number of hydrogen-bond donors (Lipinski definition) is 1. The molecule has 1 aromatic heterocycles. The van der Waals surface area contributed by atoms with E-state index in [4.69, 9.17) is 0 Å². The van der Waals surface area contributed by atoms with Gasteiger partial charge in [0.15, 0.2) is 0 Å². The predicted molar refractivity (Wildman–Crippen MR) is 64.9 cm³/mol. The Kier molecular flexibility index (Phi) is 5.20. The first kappa shape index (κ1) is 11.7. The second kappa shape index (κ2) is 6.20. The van der Waals surface area contributed by atoms with Crippen molar-refractivity contribution >= 4 is 11.3 Å². The summed E-state index contributed by atoms with van der Waals surface area (Å²) in [6, 6.07) is 2.88. The van der Waals surface area contributed by atoms with Crippen molar-refractivity contribution in [3.8, 4) is 0 Å². The Labute approximate surface area is 91.5 Å². The van der Waals surface area contributed by atoms with Gasteiger partial charge in [-0.05, 0) is 55.1 Å². The van der Waals surface area contributed by atoms with Gasteiger partial charge in [-0.2, -0.15) is 11.3 Å². The van der Waals surface area contributed by atoms with Crippen LogP contribution in [0.3, 0.4) is 0 Å². The second-order valence-electron chi connectivity index (χ2n) is 3.92. The number of hydrogen-bond acceptors (Lipinski definition) is 2. The minimum atomic E-state index is 0.638. The smallest absolute Gasteiger partial charge is 0.00640 e. The van der Waals surface area contributed by atoms with Gasteiger partial charge in [0.2, 0.25) is 0 Å². The minimum Gasteiger partial charge on any atom is -0.317 e. The molecule has 2 unspecified atom stereocenters. The predicted octanol–water partition coefficient (Wildman–Crippen LogP) is 3.31. The summed E-state index contributed by atoms with van der Waals surface area (Å²) in [5, 5.41) is 7.77. The zero-order chi connectivity index (χ0) is 10.4. The van der Waals surface area contributed by atoms with E-state index in [-0.39, 0.29) is 0 Å². The van der Waals surface area contributed by atoms with E-state index >= 15 is 0 Å². The van der Waals surface area contributed by atoms with Gasteiger partial charge < -0.3 is 5.32 Å². The molecule has 1 heterocycles. The maximum atomic E-state index is 3.35. The normalized spacial score (nSPS) is 15.4. The Balaban J connectivity index is 2.34. The minimum absolute atomic E-state index is 0.638. The monoisotopic (exact) mass is 211 g/mol. The fourth-order valence-corrected chi connectivity index (χ4v) is 2.53. The zero-order valence-electron chi connectivity index (χ0n) is 9.42. The highest BCUT2D eigenvalue weighted by Gasteiger charge is 2.13. The van der Waals surface area contributed by atoms with E-state index in [1.54, 1.807) is 11.3 Å². The van der Waals surface area contributed by atoms with Gasteiger partial charge in [0.1, 0.15) is 0 Å². The van der Waals surface area contributed by atoms with Crippen molar-refractivity contribution in [2.24, 2.45) is 5.92 Å². The van der Waals surface area contributed by atoms with Crippen LogP contribution < -0.4 is 5.32 Å². The molecule has 0 amide bonds. The molecule has 0 saturated heterocycles. The van der Waals surface area contributed by atoms with Crippen LogP contribution in [0.5, 0.6) is 0 Å². The maximum Gasteiger partial charge on any atom is 0.00640 e. The average Bonchev–Trinajstić information content (AvgIpc) is 2.71. The largest absolute Gasteiger partial charge is 0.317 e. The molecule has 0 bridgehead atoms. The number of aryl methyl sites for hydroxylation is 1. The maximum absolute atomic E-state index is 3.35. The summed E-state index contributed by atoms with van der Waals surface area (Å²) in [6.45, 7) is 4.56. The average molecular weight is 211 g/mol. The highest BCUT2D eigenvalue weighted by atomic mass is 32.1. The van der Waals surface area contributed by atoms with Crippen LogP contribution in [-0.4, -0.2) is 13.1 Å². The molecule has 80 valence electrons. The third kappa shape index (κ3) is 3.43. The van der Waals surface area contributed by atoms with Gasteiger partial charge in [-0.1, -0.05) is 13.3 Å². The van der Waals surface area contributed by atoms with E-state index in [2.05, 4.69) is 43.0 Å². The fourth-order valence-electron chi connectivity index (χ4n) is 1.83. The van der Waals surface area contributed by atoms with Gasteiger partial charge in [-0.15, -0.1) is 0 Å². The Morgan fingerprint density at radius 2 is 2.29 bits per heavy atom. The lowest BCUT2D eigenvalue weighted by Crippen LogP contribution is -2.30. The van der Waals surface area contributed by atoms with Gasteiger partial charge in [-0.25, -0.2) is 0 Å². The number of thiophene rings is 1. The second-order valence-corrected chi connectivity index (χ2v) is 4.70. The summed E-state index contributed by atoms with van der Waals surface area (Å²) in [5.41, 5.74) is 1.50. The molecule has 0 spiro atoms. The first-order chi connectivity index (χ1) is 6.77. The van der Waals surface area contributed by atoms with Crippen molar-refractivity contribution in [3.63, 3.8) is 0 Å². The van der Waals surface area contributed by atoms with Crippen LogP contribution in [0.25, 0.3) is 0 Å². The molecule has 0 fully saturated rings. The van der Waals surface area contributed by atoms with E-state index in [1.807, 2.05) is 0 Å². The Morgan fingerprint density at radius 1 is 1.50 bits per heavy atom. The first-order valence-corrected chi connectivity index (χ1v) is 6.40. The van der Waals surface area contributed by atoms with E-state index in [9.17, 15) is 0 Å². The molecular formula is C12H21NS. The van der Waals surface area contributed by atoms with E-state index in [0.29, 0.717) is 6.04 Å². The third-order valence-corrected chi connectivity index (χ3v) is 3.80. The van der Waals surface area contributed by atoms with Gasteiger partial charge in [0, 0.05) is 6.04 Å². The lowest BCUT2D eigenvalue weighted by atomic mass is 9.92. The van der Waals surface area contributed by atoms with E-state index in [0.717, 1.165) is 5.92 Å². The summed E-state index contributed by atoms with van der Waals surface area (Å²) in [6.07, 6.45) is 3.80. The van der Waals surface area contributed by atoms with Crippen molar-refractivity contribution < 1.29 is 0 Å². The third-order valence-electron chi connectivity index (χ3n) is 3.07. The molecule has 0 aliphatic carbocycles. The van der Waals surface area contributed by atoms with Crippen molar-refractivity contribution in [2.45, 2.75) is 39.2 Å². The van der Waals surface area contributed by atoms with Crippen LogP contribution in [0.2, 0.25) is 0 Å². The van der Waals surface area contributed by atoms with E-state index in [1.165, 1.54) is 24.8 Å². The topological polar surface area (TPSA) is 12.0 Å². The highest BCUT2D eigenvalue weighted by Crippen LogP contribution is 2.17. The van der Waals surface area contributed by atoms with Gasteiger partial charge in [0.05, 0.1) is 0 Å². The molecule has 0 aliphatic rings. The molecule has 1 rings (SSSR count). The molecule has 2 atom stereocenters. The molecule has 0 aromatic carbocycles. The van der Waals surface area contributed by atoms with Crippen LogP contribution >= 0.6 is 11.3 Å². The van der Waals surface area contributed by atoms with E-state index < -0.39 is 0 Å². The number of nitrogens with one attached hydrogen (secondary N) is 1. The summed E-state index contributed by atoms with van der Waals surface area (Å²) < 4.78 is 0. The standard InChI is InChI=1S/C12H21NS/c1-4-12(10(2)13-3)6-5-11-7-8-14-9-11/h7-10,12-13H,4-6H2,1-3H3. The van der Waals surface area contributed by atoms with Crippen LogP contribution in [0, 0.1) is 5.92 Å². The van der Waals surface area contributed by atoms with Crippen LogP contribution in [-0.2, 0) is 6.42 Å². The lowest BCUT2D eigenvalue weighted by Gasteiger charge is -2.21. The van der Waals surface area contributed by atoms with Crippen LogP contribution in [0.15, 0.2) is 16.8 Å². The first-order valence-electron chi connectivity index (χ1n) is 5.46. The van der Waals surface area contributed by atoms with Gasteiger partial charge in [-0.3, -0.25) is 0 Å². The lowest BCUT2D eigenvalue weighted by molar-refractivity contribution is 0.361. The summed E-state index contributed by atoms with van der Waals surface area (Å²) in [7, 11) is 2.05. The molecule has 14 heavy (non-hydrogen) atoms. The molecule has 1 N–H and O–H groups in total. The van der Waals surface area contributed by atoms with Gasteiger partial charge in [0.25, 0.3) is 0 Å². The SMILES string of the molecule is CCC(CCc1ccsc1)C(C)NC. The quantitative estimate of drug-likeness (QED) is 0.761. The molecule has 0 radical (unpaired) electrons. The molecular weight excluding hydrogens is 190 g/mol. The summed E-state index contributed by atoms with van der Waals surface area (Å²) >= 11 is 1.80. The number of rotatable bonds is 6. The molecule has 1 aromatic rings. The Bertz CT molecular complexity index is 230. The summed E-state index contributed by atoms with van der Waals surface area (Å²) in [4.78, 5) is 0. The van der Waals surface area contributed by atoms with Crippen molar-refractivity contribution in [1.82, 2.24) is 5.32 Å². The molecule has 0 aliphatic heterocycles. The Morgan fingerprint density at radius 3 is 2.79 bits per heavy atom. The molecule has 2 heteroatoms. The van der Waals surface area contributed by atoms with Crippen molar-refractivity contribution in [1.29, 1.82) is 0 Å². The van der Waals surface area contributed by atoms with Crippen LogP contribution in [0.4, 0.5) is 0 Å². The molecule has 0 saturated carbocycles.